The van der Waals surface area contributed by atoms with Crippen LogP contribution in [0.2, 0.25) is 0 Å². The minimum Gasteiger partial charge on any atom is -0.415 e. The van der Waals surface area contributed by atoms with E-state index in [1.807, 2.05) is 5.92 Å². The maximum absolute atomic E-state index is 14.8. The first kappa shape index (κ1) is 19.9. The molecule has 1 aliphatic carbocycles. The van der Waals surface area contributed by atoms with Gasteiger partial charge in [0.05, 0.1) is 18.6 Å². The number of alkyl halides is 3. The van der Waals surface area contributed by atoms with Crippen molar-refractivity contribution in [2.45, 2.75) is 38.1 Å². The molecule has 30 heavy (non-hydrogen) atoms. The van der Waals surface area contributed by atoms with E-state index >= 15 is 0 Å². The number of aromatic nitrogens is 2. The topological polar surface area (TPSA) is 73.2 Å². The number of nitrogens with zero attached hydrogens (tertiary/aromatic N) is 2. The first-order valence-corrected chi connectivity index (χ1v) is 9.04. The quantitative estimate of drug-likeness (QED) is 0.595. The molecule has 0 spiro atoms. The van der Waals surface area contributed by atoms with E-state index in [0.29, 0.717) is 24.6 Å². The summed E-state index contributed by atoms with van der Waals surface area (Å²) < 4.78 is 62.5. The van der Waals surface area contributed by atoms with Crippen LogP contribution in [-0.4, -0.2) is 21.8 Å². The summed E-state index contributed by atoms with van der Waals surface area (Å²) >= 11 is 0. The predicted octanol–water partition coefficient (Wildman–Crippen LogP) is 3.47. The Hall–Kier alpha value is -3.35. The molecule has 0 radical (unpaired) electrons. The number of aryl methyl sites for hydroxylation is 1. The van der Waals surface area contributed by atoms with Crippen LogP contribution >= 0.6 is 0 Å². The Morgan fingerprint density at radius 3 is 2.67 bits per heavy atom. The van der Waals surface area contributed by atoms with Gasteiger partial charge in [0.25, 0.3) is 11.2 Å². The van der Waals surface area contributed by atoms with Gasteiger partial charge >= 0.3 is 12.3 Å². The van der Waals surface area contributed by atoms with Crippen molar-refractivity contribution >= 4 is 11.8 Å². The summed E-state index contributed by atoms with van der Waals surface area (Å²) in [6.07, 6.45) is -3.91. The van der Waals surface area contributed by atoms with Crippen molar-refractivity contribution in [3.8, 4) is 11.8 Å². The number of ether oxygens (including phenoxy) is 1. The summed E-state index contributed by atoms with van der Waals surface area (Å²) in [5.41, 5.74) is -4.27. The number of benzene rings is 1. The van der Waals surface area contributed by atoms with E-state index in [4.69, 9.17) is 0 Å². The molecule has 156 valence electrons. The fourth-order valence-electron chi connectivity index (χ4n) is 3.09. The highest BCUT2D eigenvalue weighted by Gasteiger charge is 2.62. The van der Waals surface area contributed by atoms with Crippen molar-refractivity contribution in [2.75, 3.05) is 5.32 Å². The Bertz CT molecular complexity index is 1160. The molecule has 1 aliphatic heterocycles. The smallest absolute Gasteiger partial charge is 0.415 e. The second-order valence-corrected chi connectivity index (χ2v) is 7.22. The summed E-state index contributed by atoms with van der Waals surface area (Å²) in [6, 6.07) is 2.94. The minimum atomic E-state index is -5.09. The van der Waals surface area contributed by atoms with Crippen LogP contribution in [0.25, 0.3) is 0 Å². The molecule has 2 heterocycles. The van der Waals surface area contributed by atoms with Gasteiger partial charge < -0.3 is 4.74 Å². The Balaban J connectivity index is 1.82. The van der Waals surface area contributed by atoms with E-state index in [1.165, 1.54) is 12.4 Å². The summed E-state index contributed by atoms with van der Waals surface area (Å²) in [4.78, 5) is 27.9. The maximum Gasteiger partial charge on any atom is 0.445 e. The molecule has 10 heteroatoms. The van der Waals surface area contributed by atoms with Gasteiger partial charge in [-0.2, -0.15) is 13.2 Å². The van der Waals surface area contributed by atoms with Crippen molar-refractivity contribution in [3.63, 3.8) is 0 Å². The molecule has 0 bridgehead atoms. The van der Waals surface area contributed by atoms with Crippen molar-refractivity contribution in [1.82, 2.24) is 9.55 Å². The fraction of sp³-hybridized carbons (Fsp3) is 0.350. The Morgan fingerprint density at radius 1 is 1.30 bits per heavy atom. The Morgan fingerprint density at radius 2 is 2.03 bits per heavy atom. The number of hydrogen-bond acceptors (Lipinski definition) is 4. The Kier molecular flexibility index (Phi) is 4.56. The number of anilines is 1. The SMILES string of the molecule is Cc1cc(=O)n(Cc2cc3c(cc2F)[C@@](C#CC2CC2)(C(F)(F)F)OC(=O)N3)cn1. The van der Waals surface area contributed by atoms with Crippen molar-refractivity contribution < 1.29 is 27.1 Å². The van der Waals surface area contributed by atoms with Gasteiger partial charge in [0.15, 0.2) is 0 Å². The van der Waals surface area contributed by atoms with E-state index in [2.05, 4.69) is 21.0 Å². The van der Waals surface area contributed by atoms with Crippen LogP contribution in [0.1, 0.15) is 29.7 Å². The van der Waals surface area contributed by atoms with Gasteiger partial charge in [-0.15, -0.1) is 0 Å². The van der Waals surface area contributed by atoms with Crippen LogP contribution < -0.4 is 10.9 Å². The first-order valence-electron chi connectivity index (χ1n) is 9.04. The molecule has 6 nitrogen and oxygen atoms in total. The van der Waals surface area contributed by atoms with Gasteiger partial charge in [-0.3, -0.25) is 14.7 Å². The van der Waals surface area contributed by atoms with Crippen molar-refractivity contribution in [2.24, 2.45) is 5.92 Å². The zero-order valence-electron chi connectivity index (χ0n) is 15.6. The van der Waals surface area contributed by atoms with Crippen LogP contribution in [0.4, 0.5) is 28.0 Å². The average molecular weight is 421 g/mol. The number of carbonyl (C=O) groups is 1. The summed E-state index contributed by atoms with van der Waals surface area (Å²) in [5.74, 6) is 3.32. The molecule has 2 aliphatic rings. The summed E-state index contributed by atoms with van der Waals surface area (Å²) in [7, 11) is 0. The summed E-state index contributed by atoms with van der Waals surface area (Å²) in [6.45, 7) is 1.33. The monoisotopic (exact) mass is 421 g/mol. The largest absolute Gasteiger partial charge is 0.445 e. The molecule has 1 aromatic carbocycles. The van der Waals surface area contributed by atoms with Gasteiger partial charge in [0.1, 0.15) is 5.82 Å². The van der Waals surface area contributed by atoms with Crippen LogP contribution in [0.15, 0.2) is 29.3 Å². The van der Waals surface area contributed by atoms with E-state index in [1.54, 1.807) is 6.92 Å². The molecule has 1 N–H and O–H groups in total. The number of amides is 1. The normalized spacial score (nSPS) is 20.5. The third-order valence-electron chi connectivity index (χ3n) is 4.83. The molecule has 4 rings (SSSR count). The highest BCUT2D eigenvalue weighted by Crippen LogP contribution is 2.48. The predicted molar refractivity (Wildman–Crippen MR) is 97.1 cm³/mol. The fourth-order valence-corrected chi connectivity index (χ4v) is 3.09. The van der Waals surface area contributed by atoms with Crippen LogP contribution in [0.3, 0.4) is 0 Å². The highest BCUT2D eigenvalue weighted by atomic mass is 19.4. The number of cyclic esters (lactones) is 1. The molecule has 0 saturated heterocycles. The van der Waals surface area contributed by atoms with Gasteiger partial charge in [-0.25, -0.2) is 14.2 Å². The zero-order valence-corrected chi connectivity index (χ0v) is 15.6. The van der Waals surface area contributed by atoms with Crippen LogP contribution in [0, 0.1) is 30.5 Å². The van der Waals surface area contributed by atoms with E-state index in [0.717, 1.165) is 10.6 Å². The Labute approximate surface area is 167 Å². The molecule has 2 aromatic rings. The molecule has 1 saturated carbocycles. The highest BCUT2D eigenvalue weighted by molar-refractivity contribution is 5.90. The number of halogens is 4. The third kappa shape index (κ3) is 3.51. The number of nitrogens with one attached hydrogen (secondary N) is 1. The molecular formula is C20H15F4N3O3. The molecule has 1 amide bonds. The number of fused-ring (bicyclic) bond motifs is 1. The van der Waals surface area contributed by atoms with Crippen molar-refractivity contribution in [1.29, 1.82) is 0 Å². The van der Waals surface area contributed by atoms with E-state index < -0.39 is 34.8 Å². The lowest BCUT2D eigenvalue weighted by molar-refractivity contribution is -0.239. The standard InChI is InChI=1S/C20H15F4N3O3/c1-11-6-17(28)27(10-25-11)9-13-7-16-14(8-15(13)21)19(20(22,23)24,30-18(29)26-16)5-4-12-2-3-12/h6-8,10,12H,2-3,9H2,1H3,(H,26,29)/t19-/m0/s1. The lowest BCUT2D eigenvalue weighted by Gasteiger charge is -2.36. The van der Waals surface area contributed by atoms with E-state index in [9.17, 15) is 27.2 Å². The minimum absolute atomic E-state index is 0.102. The second kappa shape index (κ2) is 6.86. The van der Waals surface area contributed by atoms with Crippen LogP contribution in [-0.2, 0) is 16.9 Å². The van der Waals surface area contributed by atoms with Crippen LogP contribution in [0.5, 0.6) is 0 Å². The lowest BCUT2D eigenvalue weighted by atomic mass is 9.89. The van der Waals surface area contributed by atoms with Gasteiger partial charge in [-0.1, -0.05) is 5.92 Å². The number of carbonyl (C=O) groups excluding carboxylic acids is 1. The number of hydrogen-bond donors (Lipinski definition) is 1. The second-order valence-electron chi connectivity index (χ2n) is 7.22. The van der Waals surface area contributed by atoms with Gasteiger partial charge in [-0.05, 0) is 37.8 Å². The van der Waals surface area contributed by atoms with Gasteiger partial charge in [0, 0.05) is 28.8 Å². The molecule has 0 unspecified atom stereocenters. The van der Waals surface area contributed by atoms with E-state index in [-0.39, 0.29) is 23.7 Å². The third-order valence-corrected chi connectivity index (χ3v) is 4.83. The number of rotatable bonds is 2. The molecule has 1 fully saturated rings. The van der Waals surface area contributed by atoms with Crippen molar-refractivity contribution in [3.05, 3.63) is 57.5 Å². The summed E-state index contributed by atoms with van der Waals surface area (Å²) in [5, 5.41) is 2.17. The maximum atomic E-state index is 14.8. The molecule has 1 atom stereocenters. The zero-order chi connectivity index (χ0) is 21.7. The molecular weight excluding hydrogens is 406 g/mol. The average Bonchev–Trinajstić information content (AvgIpc) is 3.46. The first-order chi connectivity index (χ1) is 14.1. The molecule has 1 aromatic heterocycles. The lowest BCUT2D eigenvalue weighted by Crippen LogP contribution is -2.49. The van der Waals surface area contributed by atoms with Gasteiger partial charge in [0.2, 0.25) is 0 Å².